The van der Waals surface area contributed by atoms with Crippen LogP contribution in [-0.4, -0.2) is 20.3 Å². The van der Waals surface area contributed by atoms with E-state index in [0.29, 0.717) is 5.69 Å². The third kappa shape index (κ3) is 2.65. The summed E-state index contributed by atoms with van der Waals surface area (Å²) < 4.78 is 3.58. The summed E-state index contributed by atoms with van der Waals surface area (Å²) in [5.41, 5.74) is 4.22. The molecule has 0 spiro atoms. The van der Waals surface area contributed by atoms with Gasteiger partial charge >= 0.3 is 0 Å². The Morgan fingerprint density at radius 2 is 1.86 bits per heavy atom. The summed E-state index contributed by atoms with van der Waals surface area (Å²) >= 11 is 0. The molecule has 22 heavy (non-hydrogen) atoms. The molecule has 0 saturated heterocycles. The number of carbonyl (C=O) groups excluding carboxylic acids is 1. The number of aromatic nitrogens is 3. The van der Waals surface area contributed by atoms with Crippen LogP contribution in [0, 0.1) is 6.92 Å². The van der Waals surface area contributed by atoms with Crippen molar-refractivity contribution in [2.45, 2.75) is 6.92 Å². The first-order valence-corrected chi connectivity index (χ1v) is 7.08. The van der Waals surface area contributed by atoms with Gasteiger partial charge in [0.05, 0.1) is 5.69 Å². The van der Waals surface area contributed by atoms with Crippen molar-refractivity contribution in [3.8, 4) is 11.4 Å². The van der Waals surface area contributed by atoms with Gasteiger partial charge in [-0.1, -0.05) is 17.7 Å². The quantitative estimate of drug-likeness (QED) is 0.807. The van der Waals surface area contributed by atoms with E-state index < -0.39 is 0 Å². The maximum Gasteiger partial charge on any atom is 0.273 e. The van der Waals surface area contributed by atoms with E-state index in [4.69, 9.17) is 0 Å². The average Bonchev–Trinajstić information content (AvgIpc) is 3.07. The monoisotopic (exact) mass is 294 g/mol. The lowest BCUT2D eigenvalue weighted by Crippen LogP contribution is -2.15. The molecular weight excluding hydrogens is 276 g/mol. The van der Waals surface area contributed by atoms with Gasteiger partial charge in [0.15, 0.2) is 0 Å². The number of benzene rings is 1. The number of anilines is 1. The van der Waals surface area contributed by atoms with E-state index in [0.717, 1.165) is 22.6 Å². The van der Waals surface area contributed by atoms with Crippen LogP contribution in [-0.2, 0) is 14.1 Å². The minimum absolute atomic E-state index is 0.167. The fraction of sp³-hybridized carbons (Fsp3) is 0.176. The molecule has 112 valence electrons. The van der Waals surface area contributed by atoms with Crippen LogP contribution in [0.2, 0.25) is 0 Å². The van der Waals surface area contributed by atoms with Gasteiger partial charge < -0.3 is 9.88 Å². The summed E-state index contributed by atoms with van der Waals surface area (Å²) in [6, 6.07) is 13.4. The summed E-state index contributed by atoms with van der Waals surface area (Å²) in [6.45, 7) is 2.01. The second kappa shape index (κ2) is 5.52. The van der Waals surface area contributed by atoms with Gasteiger partial charge in [0.2, 0.25) is 0 Å². The smallest absolute Gasteiger partial charge is 0.273 e. The Kier molecular flexibility index (Phi) is 3.55. The van der Waals surface area contributed by atoms with Gasteiger partial charge in [0, 0.05) is 26.0 Å². The van der Waals surface area contributed by atoms with E-state index >= 15 is 0 Å². The first-order valence-electron chi connectivity index (χ1n) is 7.08. The third-order valence-electron chi connectivity index (χ3n) is 3.63. The van der Waals surface area contributed by atoms with Crippen LogP contribution in [0.5, 0.6) is 0 Å². The van der Waals surface area contributed by atoms with E-state index in [1.807, 2.05) is 61.1 Å². The van der Waals surface area contributed by atoms with Gasteiger partial charge in [-0.05, 0) is 37.3 Å². The van der Waals surface area contributed by atoms with Crippen LogP contribution in [0.15, 0.2) is 48.7 Å². The van der Waals surface area contributed by atoms with E-state index in [1.54, 1.807) is 17.8 Å². The summed E-state index contributed by atoms with van der Waals surface area (Å²) in [5, 5.41) is 7.32. The normalized spacial score (nSPS) is 10.7. The van der Waals surface area contributed by atoms with Gasteiger partial charge in [0.1, 0.15) is 11.4 Å². The molecule has 1 amide bonds. The highest BCUT2D eigenvalue weighted by Crippen LogP contribution is 2.19. The molecule has 3 aromatic rings. The van der Waals surface area contributed by atoms with Crippen LogP contribution in [0.1, 0.15) is 16.1 Å². The predicted octanol–water partition coefficient (Wildman–Crippen LogP) is 2.99. The van der Waals surface area contributed by atoms with Crippen LogP contribution < -0.4 is 5.32 Å². The number of rotatable bonds is 3. The topological polar surface area (TPSA) is 51.9 Å². The van der Waals surface area contributed by atoms with Crippen LogP contribution in [0.25, 0.3) is 11.4 Å². The second-order valence-corrected chi connectivity index (χ2v) is 5.36. The van der Waals surface area contributed by atoms with E-state index in [2.05, 4.69) is 10.4 Å². The standard InChI is InChI=1S/C17H18N4O/c1-12-6-8-13(9-7-12)18-17(22)16-11-14(19-21(16)3)15-5-4-10-20(15)2/h4-11H,1-3H3,(H,18,22). The van der Waals surface area contributed by atoms with E-state index in [1.165, 1.54) is 0 Å². The maximum absolute atomic E-state index is 12.4. The van der Waals surface area contributed by atoms with Crippen molar-refractivity contribution in [3.05, 3.63) is 59.9 Å². The molecule has 0 bridgehead atoms. The van der Waals surface area contributed by atoms with Crippen molar-refractivity contribution in [2.24, 2.45) is 14.1 Å². The molecule has 2 heterocycles. The highest BCUT2D eigenvalue weighted by molar-refractivity contribution is 6.03. The molecular formula is C17H18N4O. The average molecular weight is 294 g/mol. The van der Waals surface area contributed by atoms with Crippen LogP contribution >= 0.6 is 0 Å². The maximum atomic E-state index is 12.4. The van der Waals surface area contributed by atoms with Crippen LogP contribution in [0.3, 0.4) is 0 Å². The number of hydrogen-bond donors (Lipinski definition) is 1. The number of carbonyl (C=O) groups is 1. The van der Waals surface area contributed by atoms with Crippen molar-refractivity contribution in [3.63, 3.8) is 0 Å². The molecule has 0 aliphatic heterocycles. The fourth-order valence-corrected chi connectivity index (χ4v) is 2.36. The molecule has 0 saturated carbocycles. The minimum atomic E-state index is -0.167. The zero-order chi connectivity index (χ0) is 15.7. The van der Waals surface area contributed by atoms with Gasteiger partial charge in [-0.25, -0.2) is 0 Å². The molecule has 0 aliphatic rings. The van der Waals surface area contributed by atoms with E-state index in [-0.39, 0.29) is 5.91 Å². The number of amides is 1. The summed E-state index contributed by atoms with van der Waals surface area (Å²) in [4.78, 5) is 12.4. The first-order chi connectivity index (χ1) is 10.5. The minimum Gasteiger partial charge on any atom is -0.349 e. The lowest BCUT2D eigenvalue weighted by atomic mass is 10.2. The molecule has 0 aliphatic carbocycles. The Labute approximate surface area is 129 Å². The fourth-order valence-electron chi connectivity index (χ4n) is 2.36. The number of hydrogen-bond acceptors (Lipinski definition) is 2. The number of nitrogens with zero attached hydrogens (tertiary/aromatic N) is 3. The summed E-state index contributed by atoms with van der Waals surface area (Å²) in [6.07, 6.45) is 1.95. The molecule has 5 nitrogen and oxygen atoms in total. The zero-order valence-corrected chi connectivity index (χ0v) is 12.9. The number of nitrogens with one attached hydrogen (secondary N) is 1. The van der Waals surface area contributed by atoms with E-state index in [9.17, 15) is 4.79 Å². The van der Waals surface area contributed by atoms with Crippen molar-refractivity contribution in [1.29, 1.82) is 0 Å². The predicted molar refractivity (Wildman–Crippen MR) is 86.7 cm³/mol. The molecule has 5 heteroatoms. The Balaban J connectivity index is 1.85. The second-order valence-electron chi connectivity index (χ2n) is 5.36. The Morgan fingerprint density at radius 3 is 2.50 bits per heavy atom. The highest BCUT2D eigenvalue weighted by atomic mass is 16.2. The van der Waals surface area contributed by atoms with Gasteiger partial charge in [-0.15, -0.1) is 0 Å². The largest absolute Gasteiger partial charge is 0.349 e. The summed E-state index contributed by atoms with van der Waals surface area (Å²) in [5.74, 6) is -0.167. The lowest BCUT2D eigenvalue weighted by Gasteiger charge is -2.05. The molecule has 2 aromatic heterocycles. The lowest BCUT2D eigenvalue weighted by molar-refractivity contribution is 0.101. The Morgan fingerprint density at radius 1 is 1.14 bits per heavy atom. The van der Waals surface area contributed by atoms with Crippen molar-refractivity contribution < 1.29 is 4.79 Å². The molecule has 0 radical (unpaired) electrons. The molecule has 1 aromatic carbocycles. The zero-order valence-electron chi connectivity index (χ0n) is 12.9. The first kappa shape index (κ1) is 14.1. The molecule has 0 atom stereocenters. The molecule has 0 fully saturated rings. The SMILES string of the molecule is Cc1ccc(NC(=O)c2cc(-c3cccn3C)nn2C)cc1. The Hall–Kier alpha value is -2.82. The molecule has 3 rings (SSSR count). The third-order valence-corrected chi connectivity index (χ3v) is 3.63. The van der Waals surface area contributed by atoms with Crippen molar-refractivity contribution in [2.75, 3.05) is 5.32 Å². The summed E-state index contributed by atoms with van der Waals surface area (Å²) in [7, 11) is 3.73. The van der Waals surface area contributed by atoms with Crippen molar-refractivity contribution >= 4 is 11.6 Å². The molecule has 1 N–H and O–H groups in total. The van der Waals surface area contributed by atoms with Crippen molar-refractivity contribution in [1.82, 2.24) is 14.3 Å². The number of aryl methyl sites for hydroxylation is 3. The van der Waals surface area contributed by atoms with Gasteiger partial charge in [0.25, 0.3) is 5.91 Å². The highest BCUT2D eigenvalue weighted by Gasteiger charge is 2.15. The molecule has 0 unspecified atom stereocenters. The van der Waals surface area contributed by atoms with Gasteiger partial charge in [-0.3, -0.25) is 9.48 Å². The Bertz CT molecular complexity index is 812. The van der Waals surface area contributed by atoms with Crippen LogP contribution in [0.4, 0.5) is 5.69 Å². The van der Waals surface area contributed by atoms with Gasteiger partial charge in [-0.2, -0.15) is 5.10 Å².